The minimum Gasteiger partial charge on any atom is -0.303 e. The van der Waals surface area contributed by atoms with Crippen molar-refractivity contribution in [2.45, 2.75) is 89.6 Å². The Kier molecular flexibility index (Phi) is 19.8. The molecule has 0 amide bonds. The third-order valence-electron chi connectivity index (χ3n) is 5.88. The number of nitrogens with zero attached hydrogens (tertiary/aromatic N) is 2. The number of unbranched alkanes of at least 4 members (excludes halogenated alkanes) is 9. The summed E-state index contributed by atoms with van der Waals surface area (Å²) in [4.78, 5) is 4.77. The van der Waals surface area contributed by atoms with Crippen LogP contribution >= 0.6 is 48.0 Å². The lowest BCUT2D eigenvalue weighted by Crippen LogP contribution is -2.56. The van der Waals surface area contributed by atoms with E-state index in [0.29, 0.717) is 0 Å². The lowest BCUT2D eigenvalue weighted by molar-refractivity contribution is 0.132. The van der Waals surface area contributed by atoms with Crippen molar-refractivity contribution in [1.82, 2.24) is 20.4 Å². The molecule has 170 valence electrons. The smallest absolute Gasteiger partial charge is 0.111 e. The van der Waals surface area contributed by atoms with Crippen molar-refractivity contribution in [1.29, 1.82) is 0 Å². The molecule has 0 aromatic rings. The van der Waals surface area contributed by atoms with Crippen LogP contribution in [0.25, 0.3) is 0 Å². The van der Waals surface area contributed by atoms with E-state index in [-0.39, 0.29) is 60.5 Å². The van der Waals surface area contributed by atoms with Crippen LogP contribution in [-0.2, 0) is 0 Å². The molecule has 0 aromatic heterocycles. The molecule has 0 radical (unpaired) electrons. The summed E-state index contributed by atoms with van der Waals surface area (Å²) in [5.41, 5.74) is 12.1. The maximum absolute atomic E-state index is 6.06. The zero-order valence-corrected chi connectivity index (χ0v) is 22.4. The first-order chi connectivity index (χ1) is 12.8. The molecular formula is C20H46I2N6. The van der Waals surface area contributed by atoms with Crippen molar-refractivity contribution < 1.29 is 0 Å². The molecule has 2 rings (SSSR count). The van der Waals surface area contributed by atoms with Crippen LogP contribution in [-0.4, -0.2) is 61.6 Å². The maximum atomic E-state index is 6.06. The molecule has 0 aliphatic carbocycles. The fourth-order valence-corrected chi connectivity index (χ4v) is 4.15. The molecular weight excluding hydrogens is 578 g/mol. The highest BCUT2D eigenvalue weighted by Gasteiger charge is 2.17. The molecule has 2 saturated heterocycles. The van der Waals surface area contributed by atoms with Crippen molar-refractivity contribution in [3.05, 3.63) is 0 Å². The summed E-state index contributed by atoms with van der Waals surface area (Å²) in [7, 11) is 0. The van der Waals surface area contributed by atoms with Crippen molar-refractivity contribution in [3.8, 4) is 0 Å². The van der Waals surface area contributed by atoms with E-state index < -0.39 is 0 Å². The van der Waals surface area contributed by atoms with Crippen molar-refractivity contribution in [2.75, 3.05) is 39.3 Å². The number of hydrogen-bond donors (Lipinski definition) is 4. The molecule has 8 heteroatoms. The van der Waals surface area contributed by atoms with Gasteiger partial charge in [-0.2, -0.15) is 0 Å². The summed E-state index contributed by atoms with van der Waals surface area (Å²) >= 11 is 0. The van der Waals surface area contributed by atoms with Crippen LogP contribution in [0.4, 0.5) is 0 Å². The van der Waals surface area contributed by atoms with Crippen LogP contribution in [0.3, 0.4) is 0 Å². The maximum Gasteiger partial charge on any atom is 0.111 e. The third kappa shape index (κ3) is 12.8. The molecule has 0 aromatic carbocycles. The van der Waals surface area contributed by atoms with E-state index in [1.807, 2.05) is 0 Å². The van der Waals surface area contributed by atoms with Gasteiger partial charge in [-0.05, 0) is 38.8 Å². The fraction of sp³-hybridized carbons (Fsp3) is 1.00. The zero-order valence-electron chi connectivity index (χ0n) is 17.7. The van der Waals surface area contributed by atoms with Gasteiger partial charge in [0.1, 0.15) is 12.6 Å². The minimum absolute atomic E-state index is 0. The number of nitrogens with one attached hydrogen (secondary N) is 2. The minimum atomic E-state index is 0. The van der Waals surface area contributed by atoms with Gasteiger partial charge in [0.15, 0.2) is 0 Å². The Morgan fingerprint density at radius 1 is 0.571 bits per heavy atom. The Morgan fingerprint density at radius 2 is 0.893 bits per heavy atom. The second-order valence-electron chi connectivity index (χ2n) is 8.11. The van der Waals surface area contributed by atoms with Gasteiger partial charge in [-0.25, -0.2) is 0 Å². The first-order valence-corrected chi connectivity index (χ1v) is 11.2. The monoisotopic (exact) mass is 624 g/mol. The van der Waals surface area contributed by atoms with Crippen molar-refractivity contribution in [2.24, 2.45) is 11.5 Å². The van der Waals surface area contributed by atoms with Crippen LogP contribution in [0.2, 0.25) is 0 Å². The number of hydrogen-bond acceptors (Lipinski definition) is 6. The second-order valence-corrected chi connectivity index (χ2v) is 8.11. The van der Waals surface area contributed by atoms with Gasteiger partial charge < -0.3 is 11.5 Å². The highest BCUT2D eigenvalue weighted by atomic mass is 127. The highest BCUT2D eigenvalue weighted by molar-refractivity contribution is 14.0. The number of halogens is 2. The Bertz CT molecular complexity index is 319. The van der Waals surface area contributed by atoms with Crippen LogP contribution in [0, 0.1) is 0 Å². The number of nitrogens with two attached hydrogens (primary N) is 2. The Labute approximate surface area is 207 Å². The first kappa shape index (κ1) is 29.2. The summed E-state index contributed by atoms with van der Waals surface area (Å²) < 4.78 is 0. The van der Waals surface area contributed by atoms with E-state index in [0.717, 1.165) is 39.3 Å². The van der Waals surface area contributed by atoms with Gasteiger partial charge in [0, 0.05) is 26.2 Å². The van der Waals surface area contributed by atoms with Gasteiger partial charge in [0.25, 0.3) is 0 Å². The molecule has 2 aliphatic rings. The molecule has 2 unspecified atom stereocenters. The zero-order chi connectivity index (χ0) is 18.5. The molecule has 6 nitrogen and oxygen atoms in total. The van der Waals surface area contributed by atoms with Crippen LogP contribution in [0.15, 0.2) is 0 Å². The predicted molar refractivity (Wildman–Crippen MR) is 141 cm³/mol. The Balaban J connectivity index is 0.00000364. The molecule has 6 N–H and O–H groups in total. The lowest BCUT2D eigenvalue weighted by atomic mass is 10.1. The van der Waals surface area contributed by atoms with Gasteiger partial charge in [-0.1, -0.05) is 51.4 Å². The van der Waals surface area contributed by atoms with E-state index in [1.54, 1.807) is 0 Å². The van der Waals surface area contributed by atoms with Gasteiger partial charge in [-0.15, -0.1) is 48.0 Å². The van der Waals surface area contributed by atoms with Crippen molar-refractivity contribution in [3.63, 3.8) is 0 Å². The lowest BCUT2D eigenvalue weighted by Gasteiger charge is -2.33. The number of rotatable bonds is 13. The third-order valence-corrected chi connectivity index (χ3v) is 5.88. The quantitative estimate of drug-likeness (QED) is 0.186. The second kappa shape index (κ2) is 18.9. The summed E-state index contributed by atoms with van der Waals surface area (Å²) in [5.74, 6) is 0. The SMILES string of the molecule is I.I.NC1NCCCN1CCCCCCCCCCCCN1CCCNC1N. The van der Waals surface area contributed by atoms with E-state index in [9.17, 15) is 0 Å². The van der Waals surface area contributed by atoms with E-state index >= 15 is 0 Å². The Hall–Kier alpha value is 1.22. The standard InChI is InChI=1S/C20H44N6.2HI/c21-19-23-13-11-17-25(19)15-9-7-5-3-1-2-4-6-8-10-16-26-18-12-14-24-20(26)22;;/h19-20,23-24H,1-18,21-22H2;2*1H. The largest absolute Gasteiger partial charge is 0.303 e. The van der Waals surface area contributed by atoms with Gasteiger partial charge in [-0.3, -0.25) is 20.4 Å². The van der Waals surface area contributed by atoms with E-state index in [2.05, 4.69) is 20.4 Å². The predicted octanol–water partition coefficient (Wildman–Crippen LogP) is 3.20. The molecule has 28 heavy (non-hydrogen) atoms. The van der Waals surface area contributed by atoms with Crippen LogP contribution in [0.5, 0.6) is 0 Å². The molecule has 0 bridgehead atoms. The molecule has 2 heterocycles. The molecule has 0 saturated carbocycles. The molecule has 0 spiro atoms. The van der Waals surface area contributed by atoms with E-state index in [1.165, 1.54) is 77.0 Å². The van der Waals surface area contributed by atoms with Crippen molar-refractivity contribution >= 4 is 48.0 Å². The summed E-state index contributed by atoms with van der Waals surface area (Å²) in [5, 5.41) is 6.67. The average molecular weight is 624 g/mol. The van der Waals surface area contributed by atoms with Gasteiger partial charge in [0.2, 0.25) is 0 Å². The average Bonchev–Trinajstić information content (AvgIpc) is 2.65. The molecule has 2 atom stereocenters. The van der Waals surface area contributed by atoms with Crippen LogP contribution < -0.4 is 22.1 Å². The summed E-state index contributed by atoms with van der Waals surface area (Å²) in [6, 6.07) is 0. The summed E-state index contributed by atoms with van der Waals surface area (Å²) in [6.07, 6.45) is 16.3. The molecule has 2 fully saturated rings. The topological polar surface area (TPSA) is 82.6 Å². The normalized spacial score (nSPS) is 23.8. The first-order valence-electron chi connectivity index (χ1n) is 11.2. The molecule has 2 aliphatic heterocycles. The van der Waals surface area contributed by atoms with Crippen LogP contribution in [0.1, 0.15) is 77.0 Å². The Morgan fingerprint density at radius 3 is 1.21 bits per heavy atom. The van der Waals surface area contributed by atoms with Gasteiger partial charge in [0.05, 0.1) is 0 Å². The van der Waals surface area contributed by atoms with Gasteiger partial charge >= 0.3 is 0 Å². The fourth-order valence-electron chi connectivity index (χ4n) is 4.15. The highest BCUT2D eigenvalue weighted by Crippen LogP contribution is 2.12. The van der Waals surface area contributed by atoms with E-state index in [4.69, 9.17) is 11.5 Å². The summed E-state index contributed by atoms with van der Waals surface area (Å²) in [6.45, 7) is 6.78.